The van der Waals surface area contributed by atoms with E-state index in [0.29, 0.717) is 19.3 Å². The second-order valence-corrected chi connectivity index (χ2v) is 14.7. The number of allylic oxidation sites excluding steroid dienone is 4. The summed E-state index contributed by atoms with van der Waals surface area (Å²) in [6, 6.07) is -1.18. The molecule has 1 amide bonds. The predicted octanol–water partition coefficient (Wildman–Crippen LogP) is 5.49. The zero-order chi connectivity index (χ0) is 38.4. The van der Waals surface area contributed by atoms with Crippen molar-refractivity contribution in [2.75, 3.05) is 13.2 Å². The van der Waals surface area contributed by atoms with E-state index in [1.165, 1.54) is 77.0 Å². The molecular formula is C41H77NO10. The Morgan fingerprint density at radius 2 is 1.15 bits per heavy atom. The van der Waals surface area contributed by atoms with Crippen LogP contribution < -0.4 is 5.32 Å². The Bertz CT molecular complexity index is 903. The standard InChI is InChI=1S/C41H77NO10/c1-3-5-7-9-11-13-14-15-16-17-18-19-21-22-24-26-28-33(44)36(46)32(31-51-41-39(49)38(48)37(47)35(30-43)52-41)42-40(50)34(45)29-27-25-23-20-12-10-8-6-4-2/h16-17,21-22,32-39,41,43-49H,3-15,18-20,23-31H2,1-2H3,(H,42,50)/b17-16+,22-21+. The van der Waals surface area contributed by atoms with Gasteiger partial charge < -0.3 is 50.5 Å². The third kappa shape index (κ3) is 22.1. The first-order valence-corrected chi connectivity index (χ1v) is 20.7. The molecule has 1 rings (SSSR count). The normalized spacial score (nSPS) is 23.3. The molecule has 0 saturated carbocycles. The highest BCUT2D eigenvalue weighted by molar-refractivity contribution is 5.80. The van der Waals surface area contributed by atoms with Crippen LogP contribution in [0.1, 0.15) is 162 Å². The molecule has 11 nitrogen and oxygen atoms in total. The van der Waals surface area contributed by atoms with Gasteiger partial charge in [-0.15, -0.1) is 0 Å². The first-order chi connectivity index (χ1) is 25.2. The van der Waals surface area contributed by atoms with Crippen molar-refractivity contribution in [2.45, 2.75) is 217 Å². The minimum Gasteiger partial charge on any atom is -0.394 e. The summed E-state index contributed by atoms with van der Waals surface area (Å²) in [5, 5.41) is 75.2. The van der Waals surface area contributed by atoms with Crippen molar-refractivity contribution in [3.63, 3.8) is 0 Å². The topological polar surface area (TPSA) is 189 Å². The van der Waals surface area contributed by atoms with Crippen LogP contribution in [0, 0.1) is 0 Å². The van der Waals surface area contributed by atoms with Crippen LogP contribution in [0.25, 0.3) is 0 Å². The van der Waals surface area contributed by atoms with E-state index in [0.717, 1.165) is 38.5 Å². The number of rotatable bonds is 33. The fraction of sp³-hybridized carbons (Fsp3) is 0.878. The van der Waals surface area contributed by atoms with E-state index < -0.39 is 74.2 Å². The zero-order valence-corrected chi connectivity index (χ0v) is 32.5. The van der Waals surface area contributed by atoms with Gasteiger partial charge in [-0.1, -0.05) is 134 Å². The van der Waals surface area contributed by atoms with Crippen molar-refractivity contribution in [3.05, 3.63) is 24.3 Å². The molecule has 9 unspecified atom stereocenters. The summed E-state index contributed by atoms with van der Waals surface area (Å²) in [4.78, 5) is 13.0. The van der Waals surface area contributed by atoms with Crippen molar-refractivity contribution in [2.24, 2.45) is 0 Å². The maximum Gasteiger partial charge on any atom is 0.249 e. The van der Waals surface area contributed by atoms with E-state index in [-0.39, 0.29) is 12.8 Å². The Hall–Kier alpha value is -1.41. The number of aliphatic hydroxyl groups excluding tert-OH is 7. The molecule has 0 bridgehead atoms. The summed E-state index contributed by atoms with van der Waals surface area (Å²) in [6.45, 7) is 3.35. The third-order valence-electron chi connectivity index (χ3n) is 9.98. The number of hydrogen-bond acceptors (Lipinski definition) is 10. The van der Waals surface area contributed by atoms with Gasteiger partial charge in [0.25, 0.3) is 0 Å². The van der Waals surface area contributed by atoms with Crippen molar-refractivity contribution >= 4 is 5.91 Å². The highest BCUT2D eigenvalue weighted by Crippen LogP contribution is 2.23. The van der Waals surface area contributed by atoms with Gasteiger partial charge in [-0.2, -0.15) is 0 Å². The molecule has 1 saturated heterocycles. The van der Waals surface area contributed by atoms with Gasteiger partial charge >= 0.3 is 0 Å². The quantitative estimate of drug-likeness (QED) is 0.0315. The lowest BCUT2D eigenvalue weighted by atomic mass is 9.98. The fourth-order valence-electron chi connectivity index (χ4n) is 6.45. The lowest BCUT2D eigenvalue weighted by Gasteiger charge is -2.40. The average molecular weight is 744 g/mol. The zero-order valence-electron chi connectivity index (χ0n) is 32.5. The first-order valence-electron chi connectivity index (χ1n) is 20.7. The molecule has 11 heteroatoms. The number of ether oxygens (including phenoxy) is 2. The molecule has 0 radical (unpaired) electrons. The molecule has 1 aliphatic rings. The number of carbonyl (C=O) groups is 1. The maximum absolute atomic E-state index is 13.0. The SMILES string of the molecule is CCCCCCCCC/C=C/CC/C=C/CCCC(O)C(O)C(COC1OC(CO)C(O)C(O)C1O)NC(=O)C(O)CCCCCCCCCCC. The minimum absolute atomic E-state index is 0.247. The summed E-state index contributed by atoms with van der Waals surface area (Å²) in [7, 11) is 0. The van der Waals surface area contributed by atoms with Gasteiger partial charge in [-0.25, -0.2) is 0 Å². The Labute approximate surface area is 314 Å². The van der Waals surface area contributed by atoms with E-state index in [1.54, 1.807) is 0 Å². The Morgan fingerprint density at radius 1 is 0.654 bits per heavy atom. The predicted molar refractivity (Wildman–Crippen MR) is 205 cm³/mol. The summed E-state index contributed by atoms with van der Waals surface area (Å²) >= 11 is 0. The van der Waals surface area contributed by atoms with Crippen molar-refractivity contribution in [1.29, 1.82) is 0 Å². The average Bonchev–Trinajstić information content (AvgIpc) is 3.14. The van der Waals surface area contributed by atoms with Crippen LogP contribution in [0.2, 0.25) is 0 Å². The molecule has 0 aromatic heterocycles. The molecular weight excluding hydrogens is 666 g/mol. The largest absolute Gasteiger partial charge is 0.394 e. The van der Waals surface area contributed by atoms with Gasteiger partial charge in [0, 0.05) is 0 Å². The van der Waals surface area contributed by atoms with Crippen LogP contribution in [0.4, 0.5) is 0 Å². The maximum atomic E-state index is 13.0. The van der Waals surface area contributed by atoms with Crippen LogP contribution in [0.5, 0.6) is 0 Å². The van der Waals surface area contributed by atoms with E-state index >= 15 is 0 Å². The lowest BCUT2D eigenvalue weighted by Crippen LogP contribution is -2.60. The highest BCUT2D eigenvalue weighted by Gasteiger charge is 2.44. The number of hydrogen-bond donors (Lipinski definition) is 8. The Kier molecular flexibility index (Phi) is 29.8. The van der Waals surface area contributed by atoms with E-state index in [1.807, 2.05) is 0 Å². The van der Waals surface area contributed by atoms with Gasteiger partial charge in [0.2, 0.25) is 5.91 Å². The monoisotopic (exact) mass is 744 g/mol. The van der Waals surface area contributed by atoms with Crippen LogP contribution in [0.3, 0.4) is 0 Å². The molecule has 1 aliphatic heterocycles. The molecule has 1 fully saturated rings. The van der Waals surface area contributed by atoms with E-state index in [4.69, 9.17) is 9.47 Å². The first kappa shape index (κ1) is 48.6. The van der Waals surface area contributed by atoms with Gasteiger partial charge in [-0.05, 0) is 51.4 Å². The molecule has 1 heterocycles. The van der Waals surface area contributed by atoms with Crippen LogP contribution in [-0.2, 0) is 14.3 Å². The van der Waals surface area contributed by atoms with Gasteiger partial charge in [0.15, 0.2) is 6.29 Å². The second-order valence-electron chi connectivity index (χ2n) is 14.7. The van der Waals surface area contributed by atoms with Gasteiger partial charge in [0.1, 0.15) is 36.6 Å². The van der Waals surface area contributed by atoms with Crippen molar-refractivity contribution in [1.82, 2.24) is 5.32 Å². The van der Waals surface area contributed by atoms with E-state index in [9.17, 15) is 40.5 Å². The Balaban J connectivity index is 2.56. The molecule has 0 aromatic carbocycles. The number of aliphatic hydroxyl groups is 7. The number of nitrogens with one attached hydrogen (secondary N) is 1. The molecule has 9 atom stereocenters. The minimum atomic E-state index is -1.67. The third-order valence-corrected chi connectivity index (χ3v) is 9.98. The number of amides is 1. The number of carbonyl (C=O) groups excluding carboxylic acids is 1. The fourth-order valence-corrected chi connectivity index (χ4v) is 6.45. The summed E-state index contributed by atoms with van der Waals surface area (Å²) in [6.07, 6.45) is 21.0. The summed E-state index contributed by atoms with van der Waals surface area (Å²) in [5.41, 5.74) is 0. The molecule has 52 heavy (non-hydrogen) atoms. The lowest BCUT2D eigenvalue weighted by molar-refractivity contribution is -0.303. The van der Waals surface area contributed by atoms with Crippen LogP contribution in [-0.4, -0.2) is 110 Å². The molecule has 306 valence electrons. The number of unbranched alkanes of at least 4 members (excludes halogenated alkanes) is 17. The highest BCUT2D eigenvalue weighted by atomic mass is 16.7. The second kappa shape index (κ2) is 31.9. The molecule has 0 aliphatic carbocycles. The smallest absolute Gasteiger partial charge is 0.249 e. The van der Waals surface area contributed by atoms with Gasteiger partial charge in [-0.3, -0.25) is 4.79 Å². The molecule has 0 aromatic rings. The van der Waals surface area contributed by atoms with Crippen molar-refractivity contribution in [3.8, 4) is 0 Å². The molecule has 8 N–H and O–H groups in total. The van der Waals surface area contributed by atoms with Crippen LogP contribution in [0.15, 0.2) is 24.3 Å². The molecule has 0 spiro atoms. The van der Waals surface area contributed by atoms with E-state index in [2.05, 4.69) is 43.5 Å². The van der Waals surface area contributed by atoms with Gasteiger partial charge in [0.05, 0.1) is 25.4 Å². The summed E-state index contributed by atoms with van der Waals surface area (Å²) in [5.74, 6) is -0.715. The summed E-state index contributed by atoms with van der Waals surface area (Å²) < 4.78 is 11.0. The van der Waals surface area contributed by atoms with Crippen molar-refractivity contribution < 1.29 is 50.0 Å². The van der Waals surface area contributed by atoms with Crippen LogP contribution >= 0.6 is 0 Å². The Morgan fingerprint density at radius 3 is 1.71 bits per heavy atom.